The van der Waals surface area contributed by atoms with Gasteiger partial charge >= 0.3 is 0 Å². The molecule has 116 valence electrons. The van der Waals surface area contributed by atoms with Crippen LogP contribution in [0, 0.1) is 0 Å². The lowest BCUT2D eigenvalue weighted by molar-refractivity contribution is 0.411. The fourth-order valence-electron chi connectivity index (χ4n) is 2.79. The summed E-state index contributed by atoms with van der Waals surface area (Å²) in [6, 6.07) is 17.6. The molecule has 2 aromatic rings. The lowest BCUT2D eigenvalue weighted by atomic mass is 10.0. The minimum absolute atomic E-state index is 0.543. The maximum atomic E-state index is 6.35. The first-order chi connectivity index (χ1) is 10.6. The molecule has 3 heteroatoms. The van der Waals surface area contributed by atoms with Gasteiger partial charge in [-0.15, -0.1) is 0 Å². The van der Waals surface area contributed by atoms with Gasteiger partial charge in [0.15, 0.2) is 0 Å². The van der Waals surface area contributed by atoms with E-state index in [4.69, 9.17) is 11.6 Å². The molecule has 2 nitrogen and oxygen atoms in total. The highest BCUT2D eigenvalue weighted by Gasteiger charge is 2.25. The Morgan fingerprint density at radius 3 is 2.32 bits per heavy atom. The van der Waals surface area contributed by atoms with Gasteiger partial charge in [-0.1, -0.05) is 55.8 Å². The van der Waals surface area contributed by atoms with Crippen LogP contribution in [0.15, 0.2) is 48.5 Å². The van der Waals surface area contributed by atoms with Gasteiger partial charge in [-0.2, -0.15) is 0 Å². The third-order valence-electron chi connectivity index (χ3n) is 4.39. The molecule has 0 amide bonds. The molecular weight excluding hydrogens is 292 g/mol. The van der Waals surface area contributed by atoms with E-state index in [9.17, 15) is 0 Å². The molecule has 0 radical (unpaired) electrons. The molecule has 1 aliphatic rings. The molecule has 0 saturated carbocycles. The van der Waals surface area contributed by atoms with Crippen LogP contribution in [0.3, 0.4) is 0 Å². The topological polar surface area (TPSA) is 15.3 Å². The Kier molecular flexibility index (Phi) is 4.70. The van der Waals surface area contributed by atoms with Crippen molar-refractivity contribution in [3.05, 3.63) is 64.7 Å². The van der Waals surface area contributed by atoms with Crippen LogP contribution in [0.25, 0.3) is 0 Å². The van der Waals surface area contributed by atoms with Gasteiger partial charge in [0.1, 0.15) is 0 Å². The molecule has 1 aliphatic heterocycles. The molecule has 2 aromatic carbocycles. The first kappa shape index (κ1) is 15.4. The molecule has 22 heavy (non-hydrogen) atoms. The van der Waals surface area contributed by atoms with E-state index in [1.54, 1.807) is 0 Å². The second-order valence-corrected chi connectivity index (χ2v) is 6.68. The molecule has 0 spiro atoms. The third-order valence-corrected chi connectivity index (χ3v) is 4.76. The number of anilines is 1. The zero-order valence-corrected chi connectivity index (χ0v) is 14.0. The maximum Gasteiger partial charge on any atom is 0.0542 e. The molecule has 1 N–H and O–H groups in total. The summed E-state index contributed by atoms with van der Waals surface area (Å²) in [4.78, 5) is 2.46. The summed E-state index contributed by atoms with van der Waals surface area (Å²) < 4.78 is 0. The number of rotatable bonds is 5. The van der Waals surface area contributed by atoms with Crippen molar-refractivity contribution in [2.75, 3.05) is 18.0 Å². The van der Waals surface area contributed by atoms with Gasteiger partial charge in [0.25, 0.3) is 0 Å². The lowest BCUT2D eigenvalue weighted by Crippen LogP contribution is -2.57. The molecule has 0 unspecified atom stereocenters. The van der Waals surface area contributed by atoms with E-state index in [1.807, 2.05) is 12.1 Å². The maximum absolute atomic E-state index is 6.35. The van der Waals surface area contributed by atoms with Crippen molar-refractivity contribution in [3.63, 3.8) is 0 Å². The van der Waals surface area contributed by atoms with E-state index in [1.165, 1.54) is 16.8 Å². The molecule has 0 bridgehead atoms. The van der Waals surface area contributed by atoms with Crippen LogP contribution in [-0.4, -0.2) is 19.1 Å². The number of hydrogen-bond acceptors (Lipinski definition) is 2. The van der Waals surface area contributed by atoms with Crippen molar-refractivity contribution in [3.8, 4) is 0 Å². The molecule has 0 aliphatic carbocycles. The number of hydrogen-bond donors (Lipinski definition) is 1. The van der Waals surface area contributed by atoms with Crippen LogP contribution in [0.5, 0.6) is 0 Å². The number of nitrogens with one attached hydrogen (secondary N) is 1. The zero-order valence-electron chi connectivity index (χ0n) is 13.2. The van der Waals surface area contributed by atoms with E-state index in [2.05, 4.69) is 60.5 Å². The molecular formula is C19H23ClN2. The van der Waals surface area contributed by atoms with Crippen molar-refractivity contribution >= 4 is 17.3 Å². The van der Waals surface area contributed by atoms with Crippen LogP contribution in [-0.2, 0) is 6.54 Å². The van der Waals surface area contributed by atoms with Gasteiger partial charge in [0.05, 0.1) is 6.04 Å². The van der Waals surface area contributed by atoms with E-state index in [-0.39, 0.29) is 0 Å². The highest BCUT2D eigenvalue weighted by Crippen LogP contribution is 2.26. The molecule has 0 aromatic heterocycles. The van der Waals surface area contributed by atoms with Gasteiger partial charge < -0.3 is 10.2 Å². The standard InChI is InChI=1S/C19H23ClN2/c1-14(2)15-7-9-17(10-8-15)22(18-11-21-12-18)13-16-5-3-4-6-19(16)20/h3-10,14,18,21H,11-13H2,1-2H3. The highest BCUT2D eigenvalue weighted by molar-refractivity contribution is 6.31. The number of benzene rings is 2. The summed E-state index contributed by atoms with van der Waals surface area (Å²) in [7, 11) is 0. The Balaban J connectivity index is 1.85. The van der Waals surface area contributed by atoms with E-state index < -0.39 is 0 Å². The predicted octanol–water partition coefficient (Wildman–Crippen LogP) is 4.44. The summed E-state index contributed by atoms with van der Waals surface area (Å²) in [6.07, 6.45) is 0. The predicted molar refractivity (Wildman–Crippen MR) is 94.8 cm³/mol. The van der Waals surface area contributed by atoms with E-state index in [0.717, 1.165) is 24.7 Å². The average molecular weight is 315 g/mol. The van der Waals surface area contributed by atoms with Crippen LogP contribution in [0.2, 0.25) is 5.02 Å². The lowest BCUT2D eigenvalue weighted by Gasteiger charge is -2.40. The molecule has 0 atom stereocenters. The first-order valence-electron chi connectivity index (χ1n) is 7.96. The summed E-state index contributed by atoms with van der Waals surface area (Å²) in [5.74, 6) is 0.566. The minimum Gasteiger partial charge on any atom is -0.362 e. The van der Waals surface area contributed by atoms with Crippen molar-refractivity contribution in [1.29, 1.82) is 0 Å². The molecule has 3 rings (SSSR count). The fourth-order valence-corrected chi connectivity index (χ4v) is 2.98. The van der Waals surface area contributed by atoms with Gasteiger partial charge in [-0.3, -0.25) is 0 Å². The van der Waals surface area contributed by atoms with Crippen LogP contribution >= 0.6 is 11.6 Å². The quantitative estimate of drug-likeness (QED) is 0.877. The van der Waals surface area contributed by atoms with Crippen molar-refractivity contribution < 1.29 is 0 Å². The summed E-state index contributed by atoms with van der Waals surface area (Å²) >= 11 is 6.35. The Bertz CT molecular complexity index is 618. The normalized spacial score (nSPS) is 14.9. The van der Waals surface area contributed by atoms with E-state index in [0.29, 0.717) is 12.0 Å². The zero-order chi connectivity index (χ0) is 15.5. The molecule has 1 heterocycles. The summed E-state index contributed by atoms with van der Waals surface area (Å²) in [5, 5.41) is 4.21. The monoisotopic (exact) mass is 314 g/mol. The summed E-state index contributed by atoms with van der Waals surface area (Å²) in [5.41, 5.74) is 3.84. The van der Waals surface area contributed by atoms with Crippen LogP contribution < -0.4 is 10.2 Å². The third kappa shape index (κ3) is 3.29. The Labute approximate surface area is 138 Å². The molecule has 1 fully saturated rings. The number of halogens is 1. The SMILES string of the molecule is CC(C)c1ccc(N(Cc2ccccc2Cl)C2CNC2)cc1. The second kappa shape index (κ2) is 6.72. The smallest absolute Gasteiger partial charge is 0.0542 e. The van der Waals surface area contributed by atoms with Gasteiger partial charge in [0.2, 0.25) is 0 Å². The van der Waals surface area contributed by atoms with E-state index >= 15 is 0 Å². The van der Waals surface area contributed by atoms with Gasteiger partial charge in [0, 0.05) is 30.3 Å². The molecule has 1 saturated heterocycles. The van der Waals surface area contributed by atoms with Gasteiger partial charge in [-0.25, -0.2) is 0 Å². The minimum atomic E-state index is 0.543. The van der Waals surface area contributed by atoms with Gasteiger partial charge in [-0.05, 0) is 35.2 Å². The van der Waals surface area contributed by atoms with Crippen LogP contribution in [0.1, 0.15) is 30.9 Å². The van der Waals surface area contributed by atoms with Crippen LogP contribution in [0.4, 0.5) is 5.69 Å². The largest absolute Gasteiger partial charge is 0.362 e. The second-order valence-electron chi connectivity index (χ2n) is 6.28. The first-order valence-corrected chi connectivity index (χ1v) is 8.33. The van der Waals surface area contributed by atoms with Crippen molar-refractivity contribution in [2.45, 2.75) is 32.4 Å². The van der Waals surface area contributed by atoms with Crippen molar-refractivity contribution in [2.24, 2.45) is 0 Å². The Morgan fingerprint density at radius 2 is 1.77 bits per heavy atom. The Morgan fingerprint density at radius 1 is 1.09 bits per heavy atom. The number of nitrogens with zero attached hydrogens (tertiary/aromatic N) is 1. The highest BCUT2D eigenvalue weighted by atomic mass is 35.5. The Hall–Kier alpha value is -1.51. The van der Waals surface area contributed by atoms with Crippen molar-refractivity contribution in [1.82, 2.24) is 5.32 Å². The summed E-state index contributed by atoms with van der Waals surface area (Å²) in [6.45, 7) is 7.39. The fraction of sp³-hybridized carbons (Fsp3) is 0.368. The average Bonchev–Trinajstić information content (AvgIpc) is 2.47.